The molecule has 0 bridgehead atoms. The number of ether oxygens (including phenoxy) is 1. The minimum Gasteiger partial charge on any atom is -0.497 e. The molecule has 36 heavy (non-hydrogen) atoms. The number of thioether (sulfide) groups is 1. The standard InChI is InChI=1S/C28H28ClN3O3S/c1-35-24-13-7-21(8-14-24)16-18-32-26(33)19-25(27(34)30-17-15-20-5-3-2-4-6-20)36-28(32)31-23-11-9-22(29)10-12-23/h2-14,25H,15-19H2,1H3,(H,30,34). The third-order valence-electron chi connectivity index (χ3n) is 5.82. The molecule has 3 aromatic carbocycles. The molecule has 8 heteroatoms. The number of hydrogen-bond acceptors (Lipinski definition) is 5. The van der Waals surface area contributed by atoms with Gasteiger partial charge in [0, 0.05) is 24.5 Å². The maximum Gasteiger partial charge on any atom is 0.234 e. The van der Waals surface area contributed by atoms with Crippen LogP contribution in [0.3, 0.4) is 0 Å². The molecule has 4 rings (SSSR count). The summed E-state index contributed by atoms with van der Waals surface area (Å²) in [7, 11) is 1.63. The average Bonchev–Trinajstić information content (AvgIpc) is 2.90. The summed E-state index contributed by atoms with van der Waals surface area (Å²) in [5.74, 6) is 0.524. The van der Waals surface area contributed by atoms with Gasteiger partial charge in [-0.15, -0.1) is 0 Å². The number of nitrogens with zero attached hydrogens (tertiary/aromatic N) is 2. The van der Waals surface area contributed by atoms with Gasteiger partial charge in [0.25, 0.3) is 0 Å². The molecule has 186 valence electrons. The maximum absolute atomic E-state index is 13.2. The molecule has 1 aliphatic heterocycles. The normalized spacial score (nSPS) is 16.7. The molecule has 1 aliphatic rings. The summed E-state index contributed by atoms with van der Waals surface area (Å²) in [5, 5.41) is 3.58. The number of carbonyl (C=O) groups excluding carboxylic acids is 2. The minimum absolute atomic E-state index is 0.113. The first kappa shape index (κ1) is 25.8. The Bertz CT molecular complexity index is 1200. The molecule has 1 atom stereocenters. The minimum atomic E-state index is -0.531. The first-order chi connectivity index (χ1) is 17.5. The zero-order valence-electron chi connectivity index (χ0n) is 20.0. The number of aliphatic imine (C=N–C) groups is 1. The summed E-state index contributed by atoms with van der Waals surface area (Å²) in [5.41, 5.74) is 2.91. The van der Waals surface area contributed by atoms with Crippen LogP contribution in [0.1, 0.15) is 17.5 Å². The van der Waals surface area contributed by atoms with Crippen molar-refractivity contribution < 1.29 is 14.3 Å². The quantitative estimate of drug-likeness (QED) is 0.416. The van der Waals surface area contributed by atoms with E-state index in [1.54, 1.807) is 36.3 Å². The van der Waals surface area contributed by atoms with Crippen LogP contribution in [0.15, 0.2) is 83.9 Å². The summed E-state index contributed by atoms with van der Waals surface area (Å²) in [6.07, 6.45) is 1.52. The van der Waals surface area contributed by atoms with Crippen molar-refractivity contribution in [3.63, 3.8) is 0 Å². The van der Waals surface area contributed by atoms with E-state index in [2.05, 4.69) is 5.32 Å². The SMILES string of the molecule is COc1ccc(CCN2C(=O)CC(C(=O)NCCc3ccccc3)SC2=Nc2ccc(Cl)cc2)cc1. The maximum atomic E-state index is 13.2. The van der Waals surface area contributed by atoms with E-state index < -0.39 is 5.25 Å². The Labute approximate surface area is 220 Å². The van der Waals surface area contributed by atoms with Crippen LogP contribution in [0.25, 0.3) is 0 Å². The molecule has 1 saturated heterocycles. The van der Waals surface area contributed by atoms with E-state index in [0.717, 1.165) is 23.3 Å². The van der Waals surface area contributed by atoms with Gasteiger partial charge >= 0.3 is 0 Å². The third kappa shape index (κ3) is 7.12. The van der Waals surface area contributed by atoms with E-state index in [9.17, 15) is 9.59 Å². The highest BCUT2D eigenvalue weighted by Crippen LogP contribution is 2.30. The number of methoxy groups -OCH3 is 1. The van der Waals surface area contributed by atoms with Gasteiger partial charge in [-0.2, -0.15) is 0 Å². The van der Waals surface area contributed by atoms with Gasteiger partial charge in [0.05, 0.1) is 18.0 Å². The smallest absolute Gasteiger partial charge is 0.234 e. The summed E-state index contributed by atoms with van der Waals surface area (Å²) in [6, 6.07) is 24.9. The fourth-order valence-corrected chi connectivity index (χ4v) is 5.08. The number of benzene rings is 3. The summed E-state index contributed by atoms with van der Waals surface area (Å²) in [4.78, 5) is 32.5. The van der Waals surface area contributed by atoms with E-state index in [1.165, 1.54) is 11.8 Å². The van der Waals surface area contributed by atoms with Gasteiger partial charge in [-0.3, -0.25) is 14.5 Å². The van der Waals surface area contributed by atoms with Gasteiger partial charge in [0.1, 0.15) is 5.75 Å². The van der Waals surface area contributed by atoms with Gasteiger partial charge in [-0.1, -0.05) is 65.8 Å². The molecule has 3 aromatic rings. The lowest BCUT2D eigenvalue weighted by atomic mass is 10.1. The van der Waals surface area contributed by atoms with Crippen molar-refractivity contribution in [1.29, 1.82) is 0 Å². The number of amidine groups is 1. The molecular formula is C28H28ClN3O3S. The van der Waals surface area contributed by atoms with Crippen LogP contribution in [0, 0.1) is 0 Å². The highest BCUT2D eigenvalue weighted by atomic mass is 35.5. The second-order valence-electron chi connectivity index (χ2n) is 8.35. The molecule has 1 fully saturated rings. The predicted molar refractivity (Wildman–Crippen MR) is 146 cm³/mol. The van der Waals surface area contributed by atoms with Crippen LogP contribution >= 0.6 is 23.4 Å². The predicted octanol–water partition coefficient (Wildman–Crippen LogP) is 5.27. The van der Waals surface area contributed by atoms with Gasteiger partial charge in [0.15, 0.2) is 5.17 Å². The van der Waals surface area contributed by atoms with Crippen molar-refractivity contribution >= 4 is 46.0 Å². The topological polar surface area (TPSA) is 71.0 Å². The van der Waals surface area contributed by atoms with Crippen LogP contribution in [0.4, 0.5) is 5.69 Å². The molecule has 0 radical (unpaired) electrons. The van der Waals surface area contributed by atoms with Crippen molar-refractivity contribution in [2.45, 2.75) is 24.5 Å². The van der Waals surface area contributed by atoms with E-state index in [4.69, 9.17) is 21.3 Å². The number of halogens is 1. The number of amides is 2. The van der Waals surface area contributed by atoms with Crippen LogP contribution in [-0.2, 0) is 22.4 Å². The lowest BCUT2D eigenvalue weighted by molar-refractivity contribution is -0.130. The van der Waals surface area contributed by atoms with Crippen molar-refractivity contribution in [2.24, 2.45) is 4.99 Å². The van der Waals surface area contributed by atoms with Crippen LogP contribution in [0.5, 0.6) is 5.75 Å². The molecule has 1 N–H and O–H groups in total. The first-order valence-corrected chi connectivity index (χ1v) is 13.0. The van der Waals surface area contributed by atoms with E-state index in [-0.39, 0.29) is 18.2 Å². The van der Waals surface area contributed by atoms with Crippen molar-refractivity contribution in [1.82, 2.24) is 10.2 Å². The molecular weight excluding hydrogens is 494 g/mol. The molecule has 1 heterocycles. The Hall–Kier alpha value is -3.29. The third-order valence-corrected chi connectivity index (χ3v) is 7.26. The van der Waals surface area contributed by atoms with E-state index >= 15 is 0 Å². The number of rotatable bonds is 9. The summed E-state index contributed by atoms with van der Waals surface area (Å²) < 4.78 is 5.23. The zero-order chi connectivity index (χ0) is 25.3. The molecule has 2 amide bonds. The lowest BCUT2D eigenvalue weighted by Crippen LogP contribution is -2.47. The van der Waals surface area contributed by atoms with Gasteiger partial charge in [-0.05, 0) is 60.4 Å². The average molecular weight is 522 g/mol. The number of carbonyl (C=O) groups is 2. The second-order valence-corrected chi connectivity index (χ2v) is 9.96. The fourth-order valence-electron chi connectivity index (χ4n) is 3.81. The first-order valence-electron chi connectivity index (χ1n) is 11.8. The Morgan fingerprint density at radius 3 is 2.42 bits per heavy atom. The summed E-state index contributed by atoms with van der Waals surface area (Å²) in [6.45, 7) is 0.978. The van der Waals surface area contributed by atoms with Crippen LogP contribution in [-0.4, -0.2) is 47.3 Å². The van der Waals surface area contributed by atoms with E-state index in [1.807, 2.05) is 54.6 Å². The Kier molecular flexibility index (Phi) is 9.03. The molecule has 6 nitrogen and oxygen atoms in total. The number of hydrogen-bond donors (Lipinski definition) is 1. The molecule has 0 aromatic heterocycles. The molecule has 0 aliphatic carbocycles. The largest absolute Gasteiger partial charge is 0.497 e. The Morgan fingerprint density at radius 1 is 1.03 bits per heavy atom. The van der Waals surface area contributed by atoms with Crippen LogP contribution < -0.4 is 10.1 Å². The van der Waals surface area contributed by atoms with Crippen molar-refractivity contribution in [3.8, 4) is 5.75 Å². The van der Waals surface area contributed by atoms with Gasteiger partial charge < -0.3 is 10.1 Å². The van der Waals surface area contributed by atoms with Gasteiger partial charge in [-0.25, -0.2) is 4.99 Å². The van der Waals surface area contributed by atoms with Gasteiger partial charge in [0.2, 0.25) is 11.8 Å². The Morgan fingerprint density at radius 2 is 1.72 bits per heavy atom. The van der Waals surface area contributed by atoms with Crippen molar-refractivity contribution in [2.75, 3.05) is 20.2 Å². The molecule has 0 spiro atoms. The monoisotopic (exact) mass is 521 g/mol. The highest BCUT2D eigenvalue weighted by Gasteiger charge is 2.35. The van der Waals surface area contributed by atoms with E-state index in [0.29, 0.717) is 35.4 Å². The molecule has 0 saturated carbocycles. The lowest BCUT2D eigenvalue weighted by Gasteiger charge is -2.32. The number of nitrogens with one attached hydrogen (secondary N) is 1. The second kappa shape index (κ2) is 12.6. The highest BCUT2D eigenvalue weighted by molar-refractivity contribution is 8.15. The van der Waals surface area contributed by atoms with Crippen LogP contribution in [0.2, 0.25) is 5.02 Å². The zero-order valence-corrected chi connectivity index (χ0v) is 21.6. The van der Waals surface area contributed by atoms with Crippen molar-refractivity contribution in [3.05, 3.63) is 95.0 Å². The molecule has 1 unspecified atom stereocenters. The fraction of sp³-hybridized carbons (Fsp3) is 0.250. The summed E-state index contributed by atoms with van der Waals surface area (Å²) >= 11 is 7.35. The Balaban J connectivity index is 1.45.